The first-order valence-electron chi connectivity index (χ1n) is 47.0. The molecule has 0 fully saturated rings. The summed E-state index contributed by atoms with van der Waals surface area (Å²) in [5.74, 6) is 3.39. The molecule has 2 aliphatic rings. The van der Waals surface area contributed by atoms with Crippen LogP contribution in [-0.4, -0.2) is 0 Å². The number of anilines is 12. The topological polar surface area (TPSA) is 57.7 Å². The molecule has 28 rings (SSSR count). The highest BCUT2D eigenvalue weighted by Crippen LogP contribution is 2.57. The maximum atomic E-state index is 6.99. The number of furan rings is 2. The normalized spacial score (nSPS) is 11.9. The van der Waals surface area contributed by atoms with E-state index in [4.69, 9.17) is 18.3 Å². The lowest BCUT2D eigenvalue weighted by atomic mass is 9.86. The van der Waals surface area contributed by atoms with Crippen molar-refractivity contribution >= 4 is 188 Å². The Morgan fingerprint density at radius 3 is 0.949 bits per heavy atom. The molecule has 0 amide bonds. The third kappa shape index (κ3) is 13.3. The molecule has 8 nitrogen and oxygen atoms in total. The molecule has 646 valence electrons. The molecular formula is C130H82N4O4. The lowest BCUT2D eigenvalue weighted by Gasteiger charge is -2.30. The van der Waals surface area contributed by atoms with E-state index in [1.165, 1.54) is 86.9 Å². The number of para-hydroxylation sites is 9. The minimum absolute atomic E-state index is 0.831. The summed E-state index contributed by atoms with van der Waals surface area (Å²) < 4.78 is 27.1. The average Bonchev–Trinajstić information content (AvgIpc) is 1.01. The number of nitrogens with zero attached hydrogens (tertiary/aromatic N) is 4. The van der Waals surface area contributed by atoms with Crippen LogP contribution in [0, 0.1) is 0 Å². The van der Waals surface area contributed by atoms with Crippen LogP contribution in [0.15, 0.2) is 506 Å². The lowest BCUT2D eigenvalue weighted by Crippen LogP contribution is -2.11. The fourth-order valence-electron chi connectivity index (χ4n) is 21.6. The van der Waals surface area contributed by atoms with Gasteiger partial charge in [-0.25, -0.2) is 0 Å². The van der Waals surface area contributed by atoms with Gasteiger partial charge < -0.3 is 37.9 Å². The number of ether oxygens (including phenoxy) is 2. The van der Waals surface area contributed by atoms with E-state index in [-0.39, 0.29) is 0 Å². The summed E-state index contributed by atoms with van der Waals surface area (Å²) in [5, 5.41) is 21.1. The number of hydrogen-bond donors (Lipinski definition) is 0. The fraction of sp³-hybridized carbons (Fsp3) is 0. The Balaban J connectivity index is 0.000000139. The molecule has 0 bridgehead atoms. The van der Waals surface area contributed by atoms with Crippen molar-refractivity contribution in [3.63, 3.8) is 0 Å². The number of rotatable bonds is 15. The Kier molecular flexibility index (Phi) is 18.8. The maximum absolute atomic E-state index is 6.99. The van der Waals surface area contributed by atoms with Crippen LogP contribution >= 0.6 is 0 Å². The van der Waals surface area contributed by atoms with Crippen molar-refractivity contribution < 1.29 is 18.3 Å². The van der Waals surface area contributed by atoms with Crippen LogP contribution < -0.4 is 29.1 Å². The van der Waals surface area contributed by atoms with Gasteiger partial charge in [0.2, 0.25) is 0 Å². The zero-order chi connectivity index (χ0) is 90.8. The molecule has 138 heavy (non-hydrogen) atoms. The minimum atomic E-state index is 0.831. The van der Waals surface area contributed by atoms with Gasteiger partial charge in [0.25, 0.3) is 0 Å². The van der Waals surface area contributed by atoms with Crippen molar-refractivity contribution in [2.24, 2.45) is 0 Å². The molecule has 4 heterocycles. The first kappa shape index (κ1) is 79.3. The van der Waals surface area contributed by atoms with E-state index >= 15 is 0 Å². The monoisotopic (exact) mass is 1760 g/mol. The summed E-state index contributed by atoms with van der Waals surface area (Å²) in [6.07, 6.45) is 0. The lowest BCUT2D eigenvalue weighted by molar-refractivity contribution is 0.487. The number of benzene rings is 24. The largest absolute Gasteiger partial charge is 0.456 e. The van der Waals surface area contributed by atoms with E-state index in [9.17, 15) is 0 Å². The zero-order valence-electron chi connectivity index (χ0n) is 74.8. The van der Waals surface area contributed by atoms with Gasteiger partial charge in [-0.05, 0) is 280 Å². The van der Waals surface area contributed by atoms with Gasteiger partial charge >= 0.3 is 0 Å². The van der Waals surface area contributed by atoms with Crippen molar-refractivity contribution in [2.75, 3.05) is 19.6 Å². The van der Waals surface area contributed by atoms with E-state index in [0.29, 0.717) is 0 Å². The van der Waals surface area contributed by atoms with E-state index in [0.717, 1.165) is 179 Å². The maximum Gasteiger partial charge on any atom is 0.159 e. The summed E-state index contributed by atoms with van der Waals surface area (Å²) >= 11 is 0. The summed E-state index contributed by atoms with van der Waals surface area (Å²) in [4.78, 5) is 9.25. The number of hydrogen-bond acceptors (Lipinski definition) is 8. The summed E-state index contributed by atoms with van der Waals surface area (Å²) in [6.45, 7) is 0. The van der Waals surface area contributed by atoms with Crippen LogP contribution in [0.25, 0.3) is 175 Å². The Morgan fingerprint density at radius 1 is 0.145 bits per heavy atom. The minimum Gasteiger partial charge on any atom is -0.456 e. The van der Waals surface area contributed by atoms with Crippen LogP contribution in [0.2, 0.25) is 0 Å². The zero-order valence-corrected chi connectivity index (χ0v) is 74.8. The predicted octanol–water partition coefficient (Wildman–Crippen LogP) is 37.7. The van der Waals surface area contributed by atoms with Gasteiger partial charge in [-0.1, -0.05) is 309 Å². The third-order valence-electron chi connectivity index (χ3n) is 27.8. The van der Waals surface area contributed by atoms with Crippen LogP contribution in [-0.2, 0) is 0 Å². The molecule has 0 radical (unpaired) electrons. The highest BCUT2D eigenvalue weighted by Gasteiger charge is 2.31. The van der Waals surface area contributed by atoms with Gasteiger partial charge in [-0.2, -0.15) is 0 Å². The highest BCUT2D eigenvalue weighted by atomic mass is 16.5. The quantitative estimate of drug-likeness (QED) is 0.0941. The van der Waals surface area contributed by atoms with E-state index in [1.54, 1.807) is 0 Å². The summed E-state index contributed by atoms with van der Waals surface area (Å²) in [6, 6.07) is 178. The SMILES string of the molecule is c1ccc(-c2ccccc2N(c2ccccc2)c2ccc3c(c2)Oc2cccc4c2c-3cc2c3ccccc3c(-c3ccc(N(c5ccccc5)c5cccc6c5oc5ccccc56)cc3)cc42)cc1.c1ccc(N(c2ccc3c(c2)Oc2cccc4c2c-3cc2c3ccccc3c(-c3ccc(N(c5ccccc5)c5cccc6c5oc5ccccc56)cc3)cc42)c2ccc3ccccc3c2)cc1. The van der Waals surface area contributed by atoms with Crippen LogP contribution in [0.3, 0.4) is 0 Å². The molecule has 8 heteroatoms. The van der Waals surface area contributed by atoms with Crippen LogP contribution in [0.1, 0.15) is 0 Å². The Bertz CT molecular complexity index is 9350. The van der Waals surface area contributed by atoms with Crippen molar-refractivity contribution in [2.45, 2.75) is 0 Å². The molecular weight excluding hydrogens is 1680 g/mol. The standard InChI is InChI=1S/C66H42N2O2.C64H40N2O2/c1-4-18-43(19-5-1)49-24-12-14-30-60(49)68(46-22-8-3-9-23-46)48-38-39-53-59-42-57-51-26-11-10-25-50(51)56(41-58(57)54-28-17-33-63(65(54)59)69-64(53)40-48)44-34-36-47(37-35-44)67(45-20-6-2-7-21-45)61-31-16-29-55-52-27-13-15-32-62(52)70-66(55)61;1-3-17-44(18-4-1)65(47-34-29-41-15-7-8-16-43(41)37-47)48-35-36-52-58-40-56-50-22-10-9-21-49(50)55(39-57(56)53-24-14-28-61(63(53)58)67-62(52)38-48)42-30-32-46(33-31-42)66(45-19-5-2-6-20-45)59-26-13-25-54-51-23-11-12-27-60(51)68-64(54)59/h1-42H;1-40H. The Labute approximate surface area is 796 Å². The van der Waals surface area contributed by atoms with E-state index in [2.05, 4.69) is 493 Å². The molecule has 2 aromatic heterocycles. The van der Waals surface area contributed by atoms with Gasteiger partial charge in [-0.15, -0.1) is 0 Å². The van der Waals surface area contributed by atoms with Gasteiger partial charge in [0, 0.05) is 112 Å². The molecule has 0 atom stereocenters. The van der Waals surface area contributed by atoms with Crippen LogP contribution in [0.4, 0.5) is 68.2 Å². The molecule has 0 unspecified atom stereocenters. The Hall–Kier alpha value is -18.5. The van der Waals surface area contributed by atoms with Gasteiger partial charge in [-0.3, -0.25) is 0 Å². The number of fused-ring (bicyclic) bond motifs is 19. The van der Waals surface area contributed by atoms with Crippen molar-refractivity contribution in [1.82, 2.24) is 0 Å². The first-order valence-corrected chi connectivity index (χ1v) is 47.0. The van der Waals surface area contributed by atoms with Crippen molar-refractivity contribution in [3.8, 4) is 78.6 Å². The van der Waals surface area contributed by atoms with Gasteiger partial charge in [0.1, 0.15) is 34.2 Å². The van der Waals surface area contributed by atoms with E-state index < -0.39 is 0 Å². The highest BCUT2D eigenvalue weighted by molar-refractivity contribution is 6.28. The molecule has 0 N–H and O–H groups in total. The molecule has 0 aliphatic carbocycles. The second kappa shape index (κ2) is 32.8. The third-order valence-corrected chi connectivity index (χ3v) is 27.8. The van der Waals surface area contributed by atoms with Gasteiger partial charge in [0.05, 0.1) is 17.1 Å². The van der Waals surface area contributed by atoms with Crippen molar-refractivity contribution in [3.05, 3.63) is 497 Å². The molecule has 0 saturated heterocycles. The summed E-state index contributed by atoms with van der Waals surface area (Å²) in [7, 11) is 0. The smallest absolute Gasteiger partial charge is 0.159 e. The first-order chi connectivity index (χ1) is 68.4. The van der Waals surface area contributed by atoms with Crippen LogP contribution in [0.5, 0.6) is 23.0 Å². The molecule has 0 spiro atoms. The molecule has 2 aliphatic heterocycles. The second-order valence-electron chi connectivity index (χ2n) is 35.6. The molecule has 0 saturated carbocycles. The van der Waals surface area contributed by atoms with E-state index in [1.807, 2.05) is 24.3 Å². The summed E-state index contributed by atoms with van der Waals surface area (Å²) in [5.41, 5.74) is 27.5. The van der Waals surface area contributed by atoms with Crippen molar-refractivity contribution in [1.29, 1.82) is 0 Å². The fourth-order valence-corrected chi connectivity index (χ4v) is 21.6. The van der Waals surface area contributed by atoms with Gasteiger partial charge in [0.15, 0.2) is 11.2 Å². The predicted molar refractivity (Wildman–Crippen MR) is 576 cm³/mol. The molecule has 26 aromatic rings. The second-order valence-corrected chi connectivity index (χ2v) is 35.6. The average molecular weight is 1760 g/mol. The molecule has 24 aromatic carbocycles. The Morgan fingerprint density at radius 2 is 0.464 bits per heavy atom.